The number of aromatic nitrogens is 2. The maximum absolute atomic E-state index is 11.9. The van der Waals surface area contributed by atoms with E-state index in [9.17, 15) is 9.59 Å². The van der Waals surface area contributed by atoms with E-state index in [0.29, 0.717) is 6.42 Å². The molecule has 1 fully saturated rings. The van der Waals surface area contributed by atoms with Crippen LogP contribution in [0.4, 0.5) is 5.82 Å². The number of nitrogens with zero attached hydrogens (tertiary/aromatic N) is 2. The van der Waals surface area contributed by atoms with Gasteiger partial charge in [-0.15, -0.1) is 0 Å². The van der Waals surface area contributed by atoms with Crippen molar-refractivity contribution >= 4 is 17.7 Å². The van der Waals surface area contributed by atoms with Gasteiger partial charge in [-0.25, -0.2) is 0 Å². The fraction of sp³-hybridized carbons (Fsp3) is 0.625. The number of carbonyl (C=O) groups excluding carboxylic acids is 2. The summed E-state index contributed by atoms with van der Waals surface area (Å²) in [6.07, 6.45) is 2.66. The quantitative estimate of drug-likeness (QED) is 0.662. The smallest absolute Gasteiger partial charge is 0.321 e. The van der Waals surface area contributed by atoms with Gasteiger partial charge in [-0.2, -0.15) is 9.97 Å². The average molecular weight is 353 g/mol. The van der Waals surface area contributed by atoms with Crippen LogP contribution in [0.2, 0.25) is 0 Å². The Morgan fingerprint density at radius 2 is 2.12 bits per heavy atom. The Labute approximate surface area is 146 Å². The van der Waals surface area contributed by atoms with Crippen LogP contribution in [0.3, 0.4) is 0 Å². The summed E-state index contributed by atoms with van der Waals surface area (Å²) in [4.78, 5) is 31.5. The summed E-state index contributed by atoms with van der Waals surface area (Å²) in [5.41, 5.74) is 0. The number of rotatable bonds is 9. The molecule has 1 aromatic heterocycles. The summed E-state index contributed by atoms with van der Waals surface area (Å²) in [6, 6.07) is 1.57. The number of amides is 1. The van der Waals surface area contributed by atoms with E-state index in [1.807, 2.05) is 0 Å². The molecule has 9 nitrogen and oxygen atoms in total. The first-order valence-corrected chi connectivity index (χ1v) is 8.15. The van der Waals surface area contributed by atoms with Crippen LogP contribution in [0.25, 0.3) is 0 Å². The number of anilines is 1. The van der Waals surface area contributed by atoms with Crippen molar-refractivity contribution in [2.45, 2.75) is 38.2 Å². The van der Waals surface area contributed by atoms with E-state index in [1.54, 1.807) is 0 Å². The topological polar surface area (TPSA) is 109 Å². The molecule has 25 heavy (non-hydrogen) atoms. The molecule has 1 aliphatic rings. The number of esters is 1. The molecular weight excluding hydrogens is 330 g/mol. The zero-order chi connectivity index (χ0) is 18.1. The highest BCUT2D eigenvalue weighted by Gasteiger charge is 2.17. The van der Waals surface area contributed by atoms with Gasteiger partial charge in [-0.1, -0.05) is 0 Å². The van der Waals surface area contributed by atoms with Crippen LogP contribution in [0.1, 0.15) is 32.1 Å². The lowest BCUT2D eigenvalue weighted by atomic mass is 10.2. The summed E-state index contributed by atoms with van der Waals surface area (Å²) >= 11 is 0. The van der Waals surface area contributed by atoms with Crippen LogP contribution in [-0.4, -0.2) is 55.4 Å². The van der Waals surface area contributed by atoms with Gasteiger partial charge >= 0.3 is 12.0 Å². The van der Waals surface area contributed by atoms with Gasteiger partial charge in [0.15, 0.2) is 0 Å². The molecule has 0 unspecified atom stereocenters. The maximum atomic E-state index is 11.9. The molecule has 1 amide bonds. The van der Waals surface area contributed by atoms with E-state index in [1.165, 1.54) is 20.3 Å². The third-order valence-electron chi connectivity index (χ3n) is 3.58. The summed E-state index contributed by atoms with van der Waals surface area (Å²) < 4.78 is 20.5. The van der Waals surface area contributed by atoms with Crippen LogP contribution in [0.5, 0.6) is 11.9 Å². The van der Waals surface area contributed by atoms with Crippen LogP contribution in [0, 0.1) is 0 Å². The lowest BCUT2D eigenvalue weighted by Crippen LogP contribution is -2.18. The van der Waals surface area contributed by atoms with E-state index in [2.05, 4.69) is 15.3 Å². The monoisotopic (exact) mass is 353 g/mol. The van der Waals surface area contributed by atoms with Crippen molar-refractivity contribution in [3.63, 3.8) is 0 Å². The van der Waals surface area contributed by atoms with Gasteiger partial charge in [-0.3, -0.25) is 9.59 Å². The Balaban J connectivity index is 1.68. The number of hydrogen-bond acceptors (Lipinski definition) is 8. The maximum Gasteiger partial charge on any atom is 0.321 e. The van der Waals surface area contributed by atoms with Crippen LogP contribution in [0.15, 0.2) is 6.07 Å². The first-order chi connectivity index (χ1) is 12.1. The molecule has 1 N–H and O–H groups in total. The molecule has 1 aromatic rings. The summed E-state index contributed by atoms with van der Waals surface area (Å²) in [7, 11) is 2.87. The highest BCUT2D eigenvalue weighted by Crippen LogP contribution is 2.17. The SMILES string of the molecule is COc1cc(NC(=O)CCCC(=O)OC[C@@H]2CCCO2)nc(OC)n1. The van der Waals surface area contributed by atoms with Crippen LogP contribution < -0.4 is 14.8 Å². The Morgan fingerprint density at radius 1 is 1.28 bits per heavy atom. The van der Waals surface area contributed by atoms with Crippen LogP contribution in [-0.2, 0) is 19.1 Å². The Kier molecular flexibility index (Phi) is 7.39. The molecule has 9 heteroatoms. The van der Waals surface area contributed by atoms with Crippen molar-refractivity contribution in [3.05, 3.63) is 6.07 Å². The summed E-state index contributed by atoms with van der Waals surface area (Å²) in [5, 5.41) is 2.62. The van der Waals surface area contributed by atoms with Crippen molar-refractivity contribution in [1.82, 2.24) is 9.97 Å². The zero-order valence-electron chi connectivity index (χ0n) is 14.4. The standard InChI is InChI=1S/C16H23N3O6/c1-22-14-9-12(18-16(19-14)23-2)17-13(20)6-3-7-15(21)25-10-11-5-4-8-24-11/h9,11H,3-8,10H2,1-2H3,(H,17,18,19,20)/t11-/m0/s1. The van der Waals surface area contributed by atoms with Crippen molar-refractivity contribution < 1.29 is 28.5 Å². The Bertz CT molecular complexity index is 567. The molecular formula is C16H23N3O6. The van der Waals surface area contributed by atoms with E-state index < -0.39 is 0 Å². The number of ether oxygens (including phenoxy) is 4. The molecule has 1 saturated heterocycles. The fourth-order valence-corrected chi connectivity index (χ4v) is 2.30. The number of hydrogen-bond donors (Lipinski definition) is 1. The third kappa shape index (κ3) is 6.54. The van der Waals surface area contributed by atoms with Crippen molar-refractivity contribution in [3.8, 4) is 11.9 Å². The first-order valence-electron chi connectivity index (χ1n) is 8.15. The van der Waals surface area contributed by atoms with E-state index in [4.69, 9.17) is 18.9 Å². The molecule has 0 saturated carbocycles. The molecule has 0 bridgehead atoms. The average Bonchev–Trinajstić information content (AvgIpc) is 3.13. The number of nitrogens with one attached hydrogen (secondary N) is 1. The second kappa shape index (κ2) is 9.77. The zero-order valence-corrected chi connectivity index (χ0v) is 14.4. The van der Waals surface area contributed by atoms with Gasteiger partial charge < -0.3 is 24.3 Å². The minimum Gasteiger partial charge on any atom is -0.481 e. The summed E-state index contributed by atoms with van der Waals surface area (Å²) in [5.74, 6) is -0.0436. The third-order valence-corrected chi connectivity index (χ3v) is 3.58. The van der Waals surface area contributed by atoms with Gasteiger partial charge in [0.2, 0.25) is 11.8 Å². The minimum atomic E-state index is -0.325. The number of methoxy groups -OCH3 is 2. The molecule has 0 spiro atoms. The molecule has 0 aliphatic carbocycles. The van der Waals surface area contributed by atoms with Gasteiger partial charge in [0.05, 0.1) is 20.3 Å². The molecule has 0 aromatic carbocycles. The van der Waals surface area contributed by atoms with Gasteiger partial charge in [0.1, 0.15) is 12.4 Å². The first kappa shape index (κ1) is 18.9. The van der Waals surface area contributed by atoms with E-state index in [-0.39, 0.29) is 55.1 Å². The minimum absolute atomic E-state index is 0.00924. The summed E-state index contributed by atoms with van der Waals surface area (Å²) in [6.45, 7) is 1.01. The van der Waals surface area contributed by atoms with Gasteiger partial charge in [-0.05, 0) is 19.3 Å². The number of carbonyl (C=O) groups is 2. The lowest BCUT2D eigenvalue weighted by molar-refractivity contribution is -0.147. The molecule has 2 rings (SSSR count). The molecule has 138 valence electrons. The van der Waals surface area contributed by atoms with Gasteiger partial charge in [0, 0.05) is 25.5 Å². The van der Waals surface area contributed by atoms with E-state index in [0.717, 1.165) is 19.4 Å². The van der Waals surface area contributed by atoms with Crippen molar-refractivity contribution in [2.75, 3.05) is 32.8 Å². The molecule has 0 radical (unpaired) electrons. The van der Waals surface area contributed by atoms with Gasteiger partial charge in [0.25, 0.3) is 0 Å². The predicted molar refractivity (Wildman–Crippen MR) is 87.5 cm³/mol. The van der Waals surface area contributed by atoms with Crippen molar-refractivity contribution in [1.29, 1.82) is 0 Å². The second-order valence-electron chi connectivity index (χ2n) is 5.50. The van der Waals surface area contributed by atoms with Crippen molar-refractivity contribution in [2.24, 2.45) is 0 Å². The fourth-order valence-electron chi connectivity index (χ4n) is 2.30. The lowest BCUT2D eigenvalue weighted by Gasteiger charge is -2.10. The highest BCUT2D eigenvalue weighted by molar-refractivity contribution is 5.90. The molecule has 1 atom stereocenters. The highest BCUT2D eigenvalue weighted by atomic mass is 16.6. The second-order valence-corrected chi connectivity index (χ2v) is 5.50. The Morgan fingerprint density at radius 3 is 2.80 bits per heavy atom. The van der Waals surface area contributed by atoms with Crippen LogP contribution >= 0.6 is 0 Å². The largest absolute Gasteiger partial charge is 0.481 e. The molecule has 2 heterocycles. The van der Waals surface area contributed by atoms with E-state index >= 15 is 0 Å². The Hall–Kier alpha value is -2.42. The predicted octanol–water partition coefficient (Wildman–Crippen LogP) is 1.32. The molecule has 1 aliphatic heterocycles. The normalized spacial score (nSPS) is 16.3.